The molecule has 5 heteroatoms. The zero-order chi connectivity index (χ0) is 34.8. The van der Waals surface area contributed by atoms with Crippen LogP contribution in [0.5, 0.6) is 0 Å². The average Bonchev–Trinajstić information content (AvgIpc) is 3.76. The van der Waals surface area contributed by atoms with Crippen LogP contribution in [0.15, 0.2) is 164 Å². The van der Waals surface area contributed by atoms with Gasteiger partial charge >= 0.3 is 0 Å². The quantitative estimate of drug-likeness (QED) is 0.184. The molecule has 0 unspecified atom stereocenters. The second-order valence-electron chi connectivity index (χ2n) is 13.3. The molecule has 0 N–H and O–H groups in total. The van der Waals surface area contributed by atoms with Crippen LogP contribution >= 0.6 is 0 Å². The van der Waals surface area contributed by atoms with Crippen LogP contribution < -0.4 is 0 Å². The molecule has 0 saturated carbocycles. The Morgan fingerprint density at radius 3 is 1.35 bits per heavy atom. The molecule has 0 aliphatic carbocycles. The van der Waals surface area contributed by atoms with Gasteiger partial charge in [-0.3, -0.25) is 4.57 Å². The average molecular weight is 668 g/mol. The van der Waals surface area contributed by atoms with E-state index in [1.807, 2.05) is 24.3 Å². The molecule has 7 aromatic carbocycles. The van der Waals surface area contributed by atoms with Crippen LogP contribution in [0.3, 0.4) is 0 Å². The van der Waals surface area contributed by atoms with Crippen molar-refractivity contribution in [3.05, 3.63) is 175 Å². The zero-order valence-corrected chi connectivity index (χ0v) is 28.8. The van der Waals surface area contributed by atoms with Crippen molar-refractivity contribution in [3.8, 4) is 45.5 Å². The predicted molar refractivity (Wildman–Crippen MR) is 214 cm³/mol. The first-order valence-electron chi connectivity index (χ1n) is 17.6. The van der Waals surface area contributed by atoms with Crippen LogP contribution in [-0.4, -0.2) is 24.1 Å². The molecule has 0 spiro atoms. The van der Waals surface area contributed by atoms with Crippen LogP contribution in [0.4, 0.5) is 0 Å². The molecule has 0 aliphatic heterocycles. The number of fused-ring (bicyclic) bond motifs is 6. The maximum absolute atomic E-state index is 5.28. The maximum atomic E-state index is 5.28. The van der Waals surface area contributed by atoms with Crippen molar-refractivity contribution < 1.29 is 0 Å². The summed E-state index contributed by atoms with van der Waals surface area (Å²) in [4.78, 5) is 15.6. The fraction of sp³-hybridized carbons (Fsp3) is 0.0426. The first-order valence-corrected chi connectivity index (χ1v) is 17.6. The number of hydrogen-bond donors (Lipinski definition) is 0. The highest BCUT2D eigenvalue weighted by molar-refractivity contribution is 6.23. The Balaban J connectivity index is 1.29. The number of hydrogen-bond acceptors (Lipinski definition) is 3. The Kier molecular flexibility index (Phi) is 6.86. The Labute approximate surface area is 301 Å². The van der Waals surface area contributed by atoms with E-state index >= 15 is 0 Å². The molecular formula is C47H33N5. The summed E-state index contributed by atoms with van der Waals surface area (Å²) in [6.45, 7) is 4.52. The third-order valence-corrected chi connectivity index (χ3v) is 10.3. The highest BCUT2D eigenvalue weighted by Crippen LogP contribution is 2.44. The second-order valence-corrected chi connectivity index (χ2v) is 13.3. The molecule has 0 saturated heterocycles. The molecular weight excluding hydrogens is 635 g/mol. The zero-order valence-electron chi connectivity index (χ0n) is 28.8. The van der Waals surface area contributed by atoms with Gasteiger partial charge in [0.25, 0.3) is 0 Å². The number of para-hydroxylation sites is 3. The number of aromatic nitrogens is 5. The summed E-state index contributed by atoms with van der Waals surface area (Å²) in [5.41, 5.74) is 12.3. The smallest absolute Gasteiger partial charge is 0.238 e. The SMILES string of the molecule is Cc1c2c3ccccc3n(-c3nc(-c4ccccc4)nc(-c4ccc(-c5ccccc5)cc4)n3)c2c(C)c2c3ccccc3n(-c3ccccc3)c12. The molecule has 5 nitrogen and oxygen atoms in total. The van der Waals surface area contributed by atoms with Crippen molar-refractivity contribution in [2.75, 3.05) is 0 Å². The highest BCUT2D eigenvalue weighted by Gasteiger charge is 2.25. The normalized spacial score (nSPS) is 11.7. The van der Waals surface area contributed by atoms with Gasteiger partial charge in [-0.25, -0.2) is 4.98 Å². The molecule has 0 radical (unpaired) electrons. The third-order valence-electron chi connectivity index (χ3n) is 10.3. The fourth-order valence-electron chi connectivity index (χ4n) is 7.99. The molecule has 0 fully saturated rings. The van der Waals surface area contributed by atoms with E-state index in [4.69, 9.17) is 15.0 Å². The Morgan fingerprint density at radius 2 is 0.769 bits per heavy atom. The summed E-state index contributed by atoms with van der Waals surface area (Å²) in [6.07, 6.45) is 0. The van der Waals surface area contributed by atoms with E-state index in [9.17, 15) is 0 Å². The van der Waals surface area contributed by atoms with Crippen molar-refractivity contribution >= 4 is 43.6 Å². The molecule has 0 atom stereocenters. The molecule has 3 heterocycles. The van der Waals surface area contributed by atoms with Gasteiger partial charge in [0.2, 0.25) is 5.95 Å². The summed E-state index contributed by atoms with van der Waals surface area (Å²) < 4.78 is 4.68. The van der Waals surface area contributed by atoms with E-state index in [0.29, 0.717) is 17.6 Å². The van der Waals surface area contributed by atoms with Gasteiger partial charge in [0.1, 0.15) is 0 Å². The van der Waals surface area contributed by atoms with E-state index in [2.05, 4.69) is 163 Å². The van der Waals surface area contributed by atoms with Crippen molar-refractivity contribution in [2.45, 2.75) is 13.8 Å². The van der Waals surface area contributed by atoms with Gasteiger partial charge in [-0.1, -0.05) is 140 Å². The van der Waals surface area contributed by atoms with Crippen molar-refractivity contribution in [3.63, 3.8) is 0 Å². The van der Waals surface area contributed by atoms with Gasteiger partial charge in [-0.15, -0.1) is 0 Å². The number of aryl methyl sites for hydroxylation is 2. The molecule has 0 amide bonds. The van der Waals surface area contributed by atoms with E-state index < -0.39 is 0 Å². The summed E-state index contributed by atoms with van der Waals surface area (Å²) in [7, 11) is 0. The number of nitrogens with zero attached hydrogens (tertiary/aromatic N) is 5. The van der Waals surface area contributed by atoms with Crippen LogP contribution in [0.25, 0.3) is 89.2 Å². The summed E-state index contributed by atoms with van der Waals surface area (Å²) in [5, 5.41) is 4.83. The minimum absolute atomic E-state index is 0.593. The topological polar surface area (TPSA) is 48.5 Å². The van der Waals surface area contributed by atoms with Crippen LogP contribution in [0.2, 0.25) is 0 Å². The Morgan fingerprint density at radius 1 is 0.365 bits per heavy atom. The monoisotopic (exact) mass is 667 g/mol. The lowest BCUT2D eigenvalue weighted by Gasteiger charge is -2.14. The number of rotatable bonds is 5. The van der Waals surface area contributed by atoms with Gasteiger partial charge in [0.05, 0.1) is 22.1 Å². The second kappa shape index (κ2) is 11.9. The lowest BCUT2D eigenvalue weighted by molar-refractivity contribution is 0.952. The van der Waals surface area contributed by atoms with Gasteiger partial charge in [0.15, 0.2) is 11.6 Å². The van der Waals surface area contributed by atoms with Gasteiger partial charge < -0.3 is 4.57 Å². The Bertz CT molecular complexity index is 2940. The van der Waals surface area contributed by atoms with Crippen LogP contribution in [0.1, 0.15) is 11.1 Å². The van der Waals surface area contributed by atoms with Crippen molar-refractivity contribution in [1.29, 1.82) is 0 Å². The Hall–Kier alpha value is -6.85. The van der Waals surface area contributed by atoms with E-state index in [1.165, 1.54) is 49.3 Å². The molecule has 3 aromatic heterocycles. The molecule has 52 heavy (non-hydrogen) atoms. The van der Waals surface area contributed by atoms with E-state index in [0.717, 1.165) is 33.4 Å². The maximum Gasteiger partial charge on any atom is 0.238 e. The lowest BCUT2D eigenvalue weighted by Crippen LogP contribution is -2.07. The van der Waals surface area contributed by atoms with Gasteiger partial charge in [0, 0.05) is 38.4 Å². The standard InChI is InChI=1S/C47H33N5/c1-30-42-38-23-13-15-25-40(38)52(44(42)31(2)41-37-22-12-14-24-39(37)51(43(30)41)36-20-10-5-11-21-36)47-49-45(34-18-8-4-9-19-34)48-46(50-47)35-28-26-33(27-29-35)32-16-6-3-7-17-32/h3-29H,1-2H3. The molecule has 0 aliphatic rings. The molecule has 10 aromatic rings. The first kappa shape index (κ1) is 30.0. The molecule has 10 rings (SSSR count). The summed E-state index contributed by atoms with van der Waals surface area (Å²) >= 11 is 0. The first-order chi connectivity index (χ1) is 25.7. The third kappa shape index (κ3) is 4.60. The van der Waals surface area contributed by atoms with E-state index in [1.54, 1.807) is 0 Å². The molecule has 0 bridgehead atoms. The van der Waals surface area contributed by atoms with Crippen molar-refractivity contribution in [2.24, 2.45) is 0 Å². The highest BCUT2D eigenvalue weighted by atomic mass is 15.2. The van der Waals surface area contributed by atoms with E-state index in [-0.39, 0.29) is 0 Å². The number of benzene rings is 7. The van der Waals surface area contributed by atoms with Crippen molar-refractivity contribution in [1.82, 2.24) is 24.1 Å². The van der Waals surface area contributed by atoms with Gasteiger partial charge in [-0.2, -0.15) is 9.97 Å². The minimum Gasteiger partial charge on any atom is -0.309 e. The van der Waals surface area contributed by atoms with Crippen LogP contribution in [0, 0.1) is 13.8 Å². The minimum atomic E-state index is 0.593. The lowest BCUT2D eigenvalue weighted by atomic mass is 9.98. The fourth-order valence-corrected chi connectivity index (χ4v) is 7.99. The van der Waals surface area contributed by atoms with Gasteiger partial charge in [-0.05, 0) is 60.4 Å². The summed E-state index contributed by atoms with van der Waals surface area (Å²) in [5.74, 6) is 1.86. The largest absolute Gasteiger partial charge is 0.309 e. The molecule has 246 valence electrons. The summed E-state index contributed by atoms with van der Waals surface area (Å²) in [6, 6.07) is 57.2. The predicted octanol–water partition coefficient (Wildman–Crippen LogP) is 11.7. The van der Waals surface area contributed by atoms with Crippen LogP contribution in [-0.2, 0) is 0 Å².